The van der Waals surface area contributed by atoms with E-state index in [4.69, 9.17) is 10.5 Å². The van der Waals surface area contributed by atoms with Crippen LogP contribution < -0.4 is 10.5 Å². The molecule has 0 atom stereocenters. The Hall–Kier alpha value is -1.29. The van der Waals surface area contributed by atoms with Gasteiger partial charge in [0.15, 0.2) is 17.3 Å². The first-order valence-corrected chi connectivity index (χ1v) is 5.93. The predicted octanol–water partition coefficient (Wildman–Crippen LogP) is 2.66. The summed E-state index contributed by atoms with van der Waals surface area (Å²) in [4.78, 5) is 0. The van der Waals surface area contributed by atoms with Crippen molar-refractivity contribution in [3.8, 4) is 11.5 Å². The third-order valence-corrected chi connectivity index (χ3v) is 3.58. The number of benzene rings is 1. The van der Waals surface area contributed by atoms with Crippen molar-refractivity contribution < 1.29 is 14.2 Å². The van der Waals surface area contributed by atoms with Gasteiger partial charge in [-0.3, -0.25) is 0 Å². The molecule has 1 saturated carbocycles. The van der Waals surface area contributed by atoms with E-state index in [0.29, 0.717) is 5.56 Å². The Kier molecular flexibility index (Phi) is 3.24. The molecule has 0 amide bonds. The fraction of sp³-hybridized carbons (Fsp3) is 0.538. The van der Waals surface area contributed by atoms with E-state index in [0.717, 1.165) is 32.1 Å². The molecule has 0 aromatic heterocycles. The maximum atomic E-state index is 14.1. The zero-order chi connectivity index (χ0) is 12.5. The van der Waals surface area contributed by atoms with E-state index in [9.17, 15) is 9.50 Å². The van der Waals surface area contributed by atoms with Crippen molar-refractivity contribution in [2.75, 3.05) is 7.11 Å². The molecular formula is C13H18FNO2. The molecule has 4 heteroatoms. The SMILES string of the molecule is COc1ccc(C2(N)CCCCC2)c(F)c1O. The minimum absolute atomic E-state index is 0.144. The van der Waals surface area contributed by atoms with Gasteiger partial charge in [-0.15, -0.1) is 0 Å². The molecule has 17 heavy (non-hydrogen) atoms. The van der Waals surface area contributed by atoms with Crippen LogP contribution in [0.5, 0.6) is 11.5 Å². The average Bonchev–Trinajstić information content (AvgIpc) is 2.33. The largest absolute Gasteiger partial charge is 0.502 e. The van der Waals surface area contributed by atoms with E-state index in [1.165, 1.54) is 7.11 Å². The lowest BCUT2D eigenvalue weighted by Gasteiger charge is -2.34. The summed E-state index contributed by atoms with van der Waals surface area (Å²) in [5, 5.41) is 9.67. The number of methoxy groups -OCH3 is 1. The number of rotatable bonds is 2. The second-order valence-electron chi connectivity index (χ2n) is 4.69. The second kappa shape index (κ2) is 4.53. The molecule has 94 valence electrons. The summed E-state index contributed by atoms with van der Waals surface area (Å²) in [6.45, 7) is 0. The van der Waals surface area contributed by atoms with E-state index >= 15 is 0 Å². The van der Waals surface area contributed by atoms with Crippen molar-refractivity contribution in [1.82, 2.24) is 0 Å². The van der Waals surface area contributed by atoms with Crippen LogP contribution in [-0.2, 0) is 5.54 Å². The number of aromatic hydroxyl groups is 1. The summed E-state index contributed by atoms with van der Waals surface area (Å²) in [6.07, 6.45) is 4.67. The van der Waals surface area contributed by atoms with E-state index in [1.54, 1.807) is 12.1 Å². The fourth-order valence-electron chi connectivity index (χ4n) is 2.55. The summed E-state index contributed by atoms with van der Waals surface area (Å²) >= 11 is 0. The van der Waals surface area contributed by atoms with Crippen LogP contribution in [0, 0.1) is 5.82 Å². The Morgan fingerprint density at radius 2 is 1.94 bits per heavy atom. The van der Waals surface area contributed by atoms with Gasteiger partial charge >= 0.3 is 0 Å². The molecule has 1 aliphatic rings. The Bertz CT molecular complexity index is 414. The van der Waals surface area contributed by atoms with E-state index in [1.807, 2.05) is 0 Å². The highest BCUT2D eigenvalue weighted by atomic mass is 19.1. The Labute approximate surface area is 100 Å². The lowest BCUT2D eigenvalue weighted by Crippen LogP contribution is -2.39. The molecule has 0 aliphatic heterocycles. The van der Waals surface area contributed by atoms with Gasteiger partial charge in [0, 0.05) is 11.1 Å². The lowest BCUT2D eigenvalue weighted by atomic mass is 9.77. The normalized spacial score (nSPS) is 19.0. The van der Waals surface area contributed by atoms with Crippen LogP contribution >= 0.6 is 0 Å². The number of hydrogen-bond donors (Lipinski definition) is 2. The van der Waals surface area contributed by atoms with Gasteiger partial charge in [-0.25, -0.2) is 4.39 Å². The van der Waals surface area contributed by atoms with Gasteiger partial charge in [0.05, 0.1) is 7.11 Å². The van der Waals surface area contributed by atoms with Gasteiger partial charge in [0.1, 0.15) is 0 Å². The molecule has 0 spiro atoms. The average molecular weight is 239 g/mol. The highest BCUT2D eigenvalue weighted by Crippen LogP contribution is 2.40. The van der Waals surface area contributed by atoms with Crippen molar-refractivity contribution >= 4 is 0 Å². The first-order valence-electron chi connectivity index (χ1n) is 5.93. The molecule has 0 unspecified atom stereocenters. The molecule has 1 fully saturated rings. The second-order valence-corrected chi connectivity index (χ2v) is 4.69. The zero-order valence-corrected chi connectivity index (χ0v) is 10.0. The van der Waals surface area contributed by atoms with Crippen molar-refractivity contribution in [3.63, 3.8) is 0 Å². The molecular weight excluding hydrogens is 221 g/mol. The standard InChI is InChI=1S/C13H18FNO2/c1-17-10-6-5-9(11(14)12(10)16)13(15)7-3-2-4-8-13/h5-6,16H,2-4,7-8,15H2,1H3. The molecule has 1 aromatic rings. The first kappa shape index (κ1) is 12.2. The number of ether oxygens (including phenoxy) is 1. The van der Waals surface area contributed by atoms with Crippen molar-refractivity contribution in [1.29, 1.82) is 0 Å². The van der Waals surface area contributed by atoms with Gasteiger partial charge in [-0.05, 0) is 18.9 Å². The molecule has 0 heterocycles. The fourth-order valence-corrected chi connectivity index (χ4v) is 2.55. The van der Waals surface area contributed by atoms with E-state index in [2.05, 4.69) is 0 Å². The summed E-state index contributed by atoms with van der Waals surface area (Å²) in [5.41, 5.74) is 6.00. The maximum absolute atomic E-state index is 14.1. The molecule has 3 nitrogen and oxygen atoms in total. The van der Waals surface area contributed by atoms with Gasteiger partial charge < -0.3 is 15.6 Å². The minimum atomic E-state index is -0.647. The third kappa shape index (κ3) is 2.09. The topological polar surface area (TPSA) is 55.5 Å². The third-order valence-electron chi connectivity index (χ3n) is 3.58. The van der Waals surface area contributed by atoms with Crippen LogP contribution in [0.4, 0.5) is 4.39 Å². The molecule has 1 aromatic carbocycles. The lowest BCUT2D eigenvalue weighted by molar-refractivity contribution is 0.285. The Morgan fingerprint density at radius 3 is 2.53 bits per heavy atom. The van der Waals surface area contributed by atoms with Crippen LogP contribution in [0.3, 0.4) is 0 Å². The number of phenols is 1. The number of hydrogen-bond acceptors (Lipinski definition) is 3. The zero-order valence-electron chi connectivity index (χ0n) is 10.0. The smallest absolute Gasteiger partial charge is 0.194 e. The molecule has 0 saturated heterocycles. The maximum Gasteiger partial charge on any atom is 0.194 e. The molecule has 0 bridgehead atoms. The predicted molar refractivity (Wildman–Crippen MR) is 63.6 cm³/mol. The first-order chi connectivity index (χ1) is 8.08. The van der Waals surface area contributed by atoms with Crippen molar-refractivity contribution in [3.05, 3.63) is 23.5 Å². The summed E-state index contributed by atoms with van der Waals surface area (Å²) in [5.74, 6) is -0.945. The summed E-state index contributed by atoms with van der Waals surface area (Å²) in [7, 11) is 1.40. The van der Waals surface area contributed by atoms with Crippen LogP contribution in [-0.4, -0.2) is 12.2 Å². The van der Waals surface area contributed by atoms with Crippen LogP contribution in [0.25, 0.3) is 0 Å². The summed E-state index contributed by atoms with van der Waals surface area (Å²) in [6, 6.07) is 3.19. The van der Waals surface area contributed by atoms with Gasteiger partial charge in [0.25, 0.3) is 0 Å². The van der Waals surface area contributed by atoms with Crippen LogP contribution in [0.2, 0.25) is 0 Å². The highest BCUT2D eigenvalue weighted by molar-refractivity contribution is 5.45. The quantitative estimate of drug-likeness (QED) is 0.834. The molecule has 2 rings (SSSR count). The van der Waals surface area contributed by atoms with Crippen LogP contribution in [0.1, 0.15) is 37.7 Å². The van der Waals surface area contributed by atoms with E-state index < -0.39 is 17.1 Å². The van der Waals surface area contributed by atoms with Crippen LogP contribution in [0.15, 0.2) is 12.1 Å². The van der Waals surface area contributed by atoms with Crippen molar-refractivity contribution in [2.45, 2.75) is 37.6 Å². The number of nitrogens with two attached hydrogens (primary N) is 1. The van der Waals surface area contributed by atoms with Crippen molar-refractivity contribution in [2.24, 2.45) is 5.73 Å². The van der Waals surface area contributed by atoms with Gasteiger partial charge in [-0.1, -0.05) is 25.3 Å². The highest BCUT2D eigenvalue weighted by Gasteiger charge is 2.33. The van der Waals surface area contributed by atoms with Gasteiger partial charge in [-0.2, -0.15) is 0 Å². The minimum Gasteiger partial charge on any atom is -0.502 e. The Balaban J connectivity index is 2.42. The summed E-state index contributed by atoms with van der Waals surface area (Å²) < 4.78 is 18.9. The number of halogens is 1. The van der Waals surface area contributed by atoms with Gasteiger partial charge in [0.2, 0.25) is 0 Å². The molecule has 3 N–H and O–H groups in total. The Morgan fingerprint density at radius 1 is 1.29 bits per heavy atom. The van der Waals surface area contributed by atoms with E-state index in [-0.39, 0.29) is 5.75 Å². The monoisotopic (exact) mass is 239 g/mol. The molecule has 1 aliphatic carbocycles. The molecule has 0 radical (unpaired) electrons. The number of phenolic OH excluding ortho intramolecular Hbond substituents is 1.